The standard InChI is InChI=1S/C23H34ClN3O3.C16H22BrClN2O2.C7H13NO/c1-22(2,3)30-21(28)26-10-8-25(9-11-26)15-18-4-5-19(24)20(14-18)27-16-23(17-27)6-12-29-13-7-23;1-16(2,3)22-15(21)20-8-6-19(7-9-20)11-12-4-5-14(18)13(17)10-12;1-3-9-4-2-7(1)5-8-6-7/h4-5,14H,6-13,15-17H2,1-3H3;4-5,10H,6-9,11H2,1-3H3;8H,1-6H2. The topological polar surface area (TPSA) is 99.3 Å². The fraction of sp³-hybridized carbons (Fsp3) is 0.696. The molecule has 0 unspecified atom stereocenters. The first-order valence-electron chi connectivity index (χ1n) is 22.1. The molecule has 12 nitrogen and oxygen atoms in total. The predicted molar refractivity (Wildman–Crippen MR) is 247 cm³/mol. The van der Waals surface area contributed by atoms with Crippen LogP contribution in [-0.2, 0) is 32.0 Å². The van der Waals surface area contributed by atoms with Gasteiger partial charge < -0.3 is 39.0 Å². The first kappa shape index (κ1) is 48.1. The fourth-order valence-corrected chi connectivity index (χ4v) is 9.36. The summed E-state index contributed by atoms with van der Waals surface area (Å²) in [6.45, 7) is 27.7. The summed E-state index contributed by atoms with van der Waals surface area (Å²) in [6.07, 6.45) is 4.43. The molecule has 6 aliphatic heterocycles. The second-order valence-corrected chi connectivity index (χ2v) is 21.4. The third-order valence-corrected chi connectivity index (χ3v) is 13.9. The summed E-state index contributed by atoms with van der Waals surface area (Å²) in [6, 6.07) is 12.4. The molecule has 2 spiro atoms. The van der Waals surface area contributed by atoms with Crippen LogP contribution in [0, 0.1) is 10.8 Å². The molecular weight excluding hydrogens is 883 g/mol. The zero-order valence-electron chi connectivity index (χ0n) is 37.3. The van der Waals surface area contributed by atoms with Gasteiger partial charge in [0.1, 0.15) is 11.2 Å². The number of hydrogen-bond donors (Lipinski definition) is 1. The molecule has 6 saturated heterocycles. The van der Waals surface area contributed by atoms with Gasteiger partial charge in [-0.3, -0.25) is 9.80 Å². The maximum atomic E-state index is 12.3. The van der Waals surface area contributed by atoms with E-state index in [4.69, 9.17) is 42.1 Å². The van der Waals surface area contributed by atoms with Crippen molar-refractivity contribution < 1.29 is 28.5 Å². The fourth-order valence-electron chi connectivity index (χ4n) is 8.57. The molecule has 0 aromatic heterocycles. The summed E-state index contributed by atoms with van der Waals surface area (Å²) in [4.78, 5) is 35.0. The number of rotatable bonds is 5. The van der Waals surface area contributed by atoms with Crippen molar-refractivity contribution in [2.45, 2.75) is 91.5 Å². The van der Waals surface area contributed by atoms with Gasteiger partial charge in [-0.1, -0.05) is 35.3 Å². The maximum Gasteiger partial charge on any atom is 0.410 e. The molecule has 0 saturated carbocycles. The molecule has 340 valence electrons. The molecule has 15 heteroatoms. The number of halogens is 3. The average molecular weight is 953 g/mol. The third kappa shape index (κ3) is 14.3. The molecule has 2 aromatic rings. The van der Waals surface area contributed by atoms with Gasteiger partial charge in [-0.2, -0.15) is 0 Å². The van der Waals surface area contributed by atoms with Crippen molar-refractivity contribution in [1.29, 1.82) is 0 Å². The van der Waals surface area contributed by atoms with E-state index in [-0.39, 0.29) is 12.2 Å². The van der Waals surface area contributed by atoms with Crippen molar-refractivity contribution in [2.75, 3.05) is 110 Å². The molecule has 2 amide bonds. The van der Waals surface area contributed by atoms with Crippen molar-refractivity contribution in [2.24, 2.45) is 10.8 Å². The molecule has 8 rings (SSSR count). The van der Waals surface area contributed by atoms with Gasteiger partial charge in [-0.25, -0.2) is 9.59 Å². The number of carbonyl (C=O) groups excluding carboxylic acids is 2. The van der Waals surface area contributed by atoms with Gasteiger partial charge in [0.2, 0.25) is 0 Å². The van der Waals surface area contributed by atoms with Crippen molar-refractivity contribution in [3.63, 3.8) is 0 Å². The highest BCUT2D eigenvalue weighted by molar-refractivity contribution is 9.10. The number of carbonyl (C=O) groups is 2. The largest absolute Gasteiger partial charge is 0.444 e. The van der Waals surface area contributed by atoms with Crippen LogP contribution in [0.1, 0.15) is 78.4 Å². The number of anilines is 1. The Balaban J connectivity index is 0.000000174. The van der Waals surface area contributed by atoms with Crippen LogP contribution in [0.15, 0.2) is 40.9 Å². The molecule has 6 heterocycles. The lowest BCUT2D eigenvalue weighted by Crippen LogP contribution is -2.58. The summed E-state index contributed by atoms with van der Waals surface area (Å²) < 4.78 is 22.6. The molecule has 0 aliphatic carbocycles. The van der Waals surface area contributed by atoms with Gasteiger partial charge in [0.25, 0.3) is 0 Å². The quantitative estimate of drug-likeness (QED) is 0.314. The molecule has 6 aliphatic rings. The van der Waals surface area contributed by atoms with Crippen LogP contribution in [0.4, 0.5) is 15.3 Å². The molecule has 0 bridgehead atoms. The number of amides is 2. The van der Waals surface area contributed by atoms with Crippen molar-refractivity contribution in [3.8, 4) is 0 Å². The SMILES string of the molecule is C1CC2(CCO1)CNC2.CC(C)(C)OC(=O)N1CCN(Cc2ccc(Cl)c(Br)c2)CC1.CC(C)(C)OC(=O)N1CCN(Cc2ccc(Cl)c(N3CC4(CCOCC4)C3)c2)CC1. The van der Waals surface area contributed by atoms with E-state index < -0.39 is 11.2 Å². The van der Waals surface area contributed by atoms with Crippen LogP contribution in [0.25, 0.3) is 0 Å². The number of nitrogens with one attached hydrogen (secondary N) is 1. The zero-order valence-corrected chi connectivity index (χ0v) is 40.4. The molecule has 1 N–H and O–H groups in total. The monoisotopic (exact) mass is 950 g/mol. The number of nitrogens with zero attached hydrogens (tertiary/aromatic N) is 5. The van der Waals surface area contributed by atoms with Crippen LogP contribution in [0.2, 0.25) is 10.0 Å². The van der Waals surface area contributed by atoms with E-state index >= 15 is 0 Å². The Bertz CT molecular complexity index is 1750. The van der Waals surface area contributed by atoms with E-state index in [1.165, 1.54) is 37.1 Å². The Morgan fingerprint density at radius 1 is 0.656 bits per heavy atom. The van der Waals surface area contributed by atoms with Gasteiger partial charge in [0, 0.05) is 128 Å². The van der Waals surface area contributed by atoms with Crippen LogP contribution in [0.5, 0.6) is 0 Å². The Morgan fingerprint density at radius 3 is 1.48 bits per heavy atom. The number of benzene rings is 2. The minimum atomic E-state index is -0.450. The lowest BCUT2D eigenvalue weighted by molar-refractivity contribution is -0.0130. The second kappa shape index (κ2) is 21.1. The average Bonchev–Trinajstić information content (AvgIpc) is 3.19. The first-order chi connectivity index (χ1) is 28.9. The van der Waals surface area contributed by atoms with E-state index in [0.717, 1.165) is 112 Å². The summed E-state index contributed by atoms with van der Waals surface area (Å²) in [5, 5.41) is 4.87. The predicted octanol–water partition coefficient (Wildman–Crippen LogP) is 8.55. The Morgan fingerprint density at radius 2 is 1.08 bits per heavy atom. The summed E-state index contributed by atoms with van der Waals surface area (Å²) in [7, 11) is 0. The lowest BCUT2D eigenvalue weighted by atomic mass is 9.73. The van der Waals surface area contributed by atoms with E-state index in [9.17, 15) is 9.59 Å². The van der Waals surface area contributed by atoms with E-state index in [0.29, 0.717) is 37.0 Å². The third-order valence-electron chi connectivity index (χ3n) is 12.4. The van der Waals surface area contributed by atoms with Crippen LogP contribution in [-0.4, -0.2) is 148 Å². The first-order valence-corrected chi connectivity index (χ1v) is 23.7. The van der Waals surface area contributed by atoms with Crippen LogP contribution < -0.4 is 10.2 Å². The van der Waals surface area contributed by atoms with E-state index in [1.54, 1.807) is 4.90 Å². The van der Waals surface area contributed by atoms with Gasteiger partial charge in [-0.15, -0.1) is 0 Å². The Labute approximate surface area is 382 Å². The summed E-state index contributed by atoms with van der Waals surface area (Å²) in [5.41, 5.74) is 3.83. The smallest absolute Gasteiger partial charge is 0.410 e. The molecule has 2 aromatic carbocycles. The second-order valence-electron chi connectivity index (χ2n) is 19.7. The van der Waals surface area contributed by atoms with Gasteiger partial charge in [-0.05, 0) is 124 Å². The number of ether oxygens (including phenoxy) is 4. The van der Waals surface area contributed by atoms with E-state index in [2.05, 4.69) is 48.1 Å². The molecule has 61 heavy (non-hydrogen) atoms. The minimum absolute atomic E-state index is 0.212. The number of hydrogen-bond acceptors (Lipinski definition) is 10. The van der Waals surface area contributed by atoms with Crippen molar-refractivity contribution in [1.82, 2.24) is 24.9 Å². The molecular formula is C46H69BrCl2N6O6. The van der Waals surface area contributed by atoms with Crippen LogP contribution >= 0.6 is 39.1 Å². The molecule has 0 atom stereocenters. The Hall–Kier alpha value is -2.36. The van der Waals surface area contributed by atoms with Crippen LogP contribution in [0.3, 0.4) is 0 Å². The Kier molecular flexibility index (Phi) is 16.6. The molecule has 0 radical (unpaired) electrons. The highest BCUT2D eigenvalue weighted by Crippen LogP contribution is 2.44. The maximum absolute atomic E-state index is 12.3. The van der Waals surface area contributed by atoms with Gasteiger partial charge >= 0.3 is 12.2 Å². The molecule has 6 fully saturated rings. The minimum Gasteiger partial charge on any atom is -0.444 e. The van der Waals surface area contributed by atoms with Crippen molar-refractivity contribution in [3.05, 3.63) is 62.0 Å². The number of piperazine rings is 2. The van der Waals surface area contributed by atoms with Gasteiger partial charge in [0.15, 0.2) is 0 Å². The normalized spacial score (nSPS) is 21.6. The summed E-state index contributed by atoms with van der Waals surface area (Å²) >= 11 is 16.0. The van der Waals surface area contributed by atoms with Crippen molar-refractivity contribution >= 4 is 57.0 Å². The lowest BCUT2D eigenvalue weighted by Gasteiger charge is -2.53. The summed E-state index contributed by atoms with van der Waals surface area (Å²) in [5.74, 6) is 0. The van der Waals surface area contributed by atoms with Gasteiger partial charge in [0.05, 0.1) is 15.7 Å². The highest BCUT2D eigenvalue weighted by atomic mass is 79.9. The zero-order chi connectivity index (χ0) is 43.8. The van der Waals surface area contributed by atoms with E-state index in [1.807, 2.05) is 70.7 Å². The highest BCUT2D eigenvalue weighted by Gasteiger charge is 2.44.